The van der Waals surface area contributed by atoms with Crippen molar-refractivity contribution in [3.05, 3.63) is 39.8 Å². The summed E-state index contributed by atoms with van der Waals surface area (Å²) in [6.07, 6.45) is 1.75. The molecule has 0 radical (unpaired) electrons. The maximum atomic E-state index is 5.54. The standard InChI is InChI=1S/C14H19BrClNO/c1-14(2,3)17-10-11-5-6-13(12(15)9-11)18-8-4-7-16/h4-7,9,17H,8,10H2,1-3H3. The third-order valence-electron chi connectivity index (χ3n) is 2.24. The van der Waals surface area contributed by atoms with Crippen LogP contribution in [0.5, 0.6) is 5.75 Å². The maximum absolute atomic E-state index is 5.54. The summed E-state index contributed by atoms with van der Waals surface area (Å²) in [6.45, 7) is 7.76. The first-order valence-electron chi connectivity index (χ1n) is 5.84. The SMILES string of the molecule is CC(C)(C)NCc1ccc(OCC=CCl)c(Br)c1. The van der Waals surface area contributed by atoms with Gasteiger partial charge in [-0.25, -0.2) is 0 Å². The predicted octanol–water partition coefficient (Wildman–Crippen LogP) is 4.47. The molecule has 1 aromatic carbocycles. The largest absolute Gasteiger partial charge is 0.488 e. The van der Waals surface area contributed by atoms with Crippen LogP contribution in [-0.2, 0) is 6.54 Å². The fourth-order valence-corrected chi connectivity index (χ4v) is 1.93. The first-order valence-corrected chi connectivity index (χ1v) is 7.07. The van der Waals surface area contributed by atoms with Crippen LogP contribution < -0.4 is 10.1 Å². The highest BCUT2D eigenvalue weighted by molar-refractivity contribution is 9.10. The molecule has 0 fully saturated rings. The fourth-order valence-electron chi connectivity index (χ4n) is 1.31. The van der Waals surface area contributed by atoms with Crippen molar-refractivity contribution in [1.82, 2.24) is 5.32 Å². The van der Waals surface area contributed by atoms with Crippen LogP contribution in [0.1, 0.15) is 26.3 Å². The van der Waals surface area contributed by atoms with Gasteiger partial charge in [0.1, 0.15) is 12.4 Å². The number of halogens is 2. The normalized spacial score (nSPS) is 12.1. The predicted molar refractivity (Wildman–Crippen MR) is 81.2 cm³/mol. The van der Waals surface area contributed by atoms with E-state index in [4.69, 9.17) is 16.3 Å². The van der Waals surface area contributed by atoms with Crippen molar-refractivity contribution in [2.24, 2.45) is 0 Å². The lowest BCUT2D eigenvalue weighted by atomic mass is 10.1. The van der Waals surface area contributed by atoms with E-state index in [1.54, 1.807) is 6.08 Å². The molecule has 0 aliphatic carbocycles. The molecule has 0 aliphatic heterocycles. The molecule has 0 saturated heterocycles. The summed E-state index contributed by atoms with van der Waals surface area (Å²) >= 11 is 8.95. The van der Waals surface area contributed by atoms with Crippen LogP contribution in [-0.4, -0.2) is 12.1 Å². The monoisotopic (exact) mass is 331 g/mol. The molecule has 18 heavy (non-hydrogen) atoms. The van der Waals surface area contributed by atoms with E-state index in [0.29, 0.717) is 6.61 Å². The van der Waals surface area contributed by atoms with Crippen LogP contribution in [0.3, 0.4) is 0 Å². The van der Waals surface area contributed by atoms with Crippen molar-refractivity contribution < 1.29 is 4.74 Å². The number of ether oxygens (including phenoxy) is 1. The van der Waals surface area contributed by atoms with Gasteiger partial charge in [0.2, 0.25) is 0 Å². The third-order valence-corrected chi connectivity index (χ3v) is 3.04. The average molecular weight is 333 g/mol. The summed E-state index contributed by atoms with van der Waals surface area (Å²) in [7, 11) is 0. The topological polar surface area (TPSA) is 21.3 Å². The molecule has 100 valence electrons. The van der Waals surface area contributed by atoms with Crippen LogP contribution in [0, 0.1) is 0 Å². The van der Waals surface area contributed by atoms with Gasteiger partial charge in [-0.1, -0.05) is 17.7 Å². The molecular weight excluding hydrogens is 314 g/mol. The Morgan fingerprint density at radius 1 is 1.39 bits per heavy atom. The van der Waals surface area contributed by atoms with E-state index in [9.17, 15) is 0 Å². The summed E-state index contributed by atoms with van der Waals surface area (Å²) in [5, 5.41) is 3.45. The lowest BCUT2D eigenvalue weighted by Gasteiger charge is -2.20. The Labute approximate surface area is 122 Å². The summed E-state index contributed by atoms with van der Waals surface area (Å²) in [4.78, 5) is 0. The first-order chi connectivity index (χ1) is 8.42. The Bertz CT molecular complexity index is 413. The molecule has 2 nitrogen and oxygen atoms in total. The van der Waals surface area contributed by atoms with E-state index < -0.39 is 0 Å². The average Bonchev–Trinajstić information content (AvgIpc) is 2.28. The highest BCUT2D eigenvalue weighted by atomic mass is 79.9. The number of hydrogen-bond acceptors (Lipinski definition) is 2. The van der Waals surface area contributed by atoms with Gasteiger partial charge in [0.05, 0.1) is 4.47 Å². The van der Waals surface area contributed by atoms with Crippen molar-refractivity contribution in [2.75, 3.05) is 6.61 Å². The second-order valence-electron chi connectivity index (χ2n) is 5.04. The van der Waals surface area contributed by atoms with Crippen molar-refractivity contribution in [2.45, 2.75) is 32.9 Å². The molecule has 0 bridgehead atoms. The van der Waals surface area contributed by atoms with Crippen LogP contribution in [0.25, 0.3) is 0 Å². The van der Waals surface area contributed by atoms with Gasteiger partial charge in [-0.3, -0.25) is 0 Å². The number of rotatable bonds is 5. The quantitative estimate of drug-likeness (QED) is 0.859. The van der Waals surface area contributed by atoms with Gasteiger partial charge >= 0.3 is 0 Å². The van der Waals surface area contributed by atoms with Crippen LogP contribution in [0.4, 0.5) is 0 Å². The van der Waals surface area contributed by atoms with Crippen molar-refractivity contribution >= 4 is 27.5 Å². The highest BCUT2D eigenvalue weighted by Gasteiger charge is 2.09. The zero-order chi connectivity index (χ0) is 13.6. The molecule has 0 saturated carbocycles. The molecule has 1 aromatic rings. The van der Waals surface area contributed by atoms with E-state index in [1.807, 2.05) is 6.07 Å². The molecule has 0 atom stereocenters. The van der Waals surface area contributed by atoms with E-state index in [0.717, 1.165) is 16.8 Å². The summed E-state index contributed by atoms with van der Waals surface area (Å²) < 4.78 is 6.50. The minimum absolute atomic E-state index is 0.118. The second kappa shape index (κ2) is 7.17. The number of hydrogen-bond donors (Lipinski definition) is 1. The van der Waals surface area contributed by atoms with Crippen molar-refractivity contribution in [3.8, 4) is 5.75 Å². The van der Waals surface area contributed by atoms with Crippen LogP contribution in [0.2, 0.25) is 0 Å². The van der Waals surface area contributed by atoms with Gasteiger partial charge in [-0.15, -0.1) is 0 Å². The summed E-state index contributed by atoms with van der Waals surface area (Å²) in [6, 6.07) is 6.09. The zero-order valence-corrected chi connectivity index (χ0v) is 13.3. The lowest BCUT2D eigenvalue weighted by molar-refractivity contribution is 0.360. The maximum Gasteiger partial charge on any atom is 0.133 e. The van der Waals surface area contributed by atoms with E-state index in [2.05, 4.69) is 54.2 Å². The Morgan fingerprint density at radius 3 is 2.67 bits per heavy atom. The Morgan fingerprint density at radius 2 is 2.11 bits per heavy atom. The molecular formula is C14H19BrClNO. The molecule has 1 rings (SSSR count). The smallest absolute Gasteiger partial charge is 0.133 e. The Kier molecular flexibility index (Phi) is 6.19. The highest BCUT2D eigenvalue weighted by Crippen LogP contribution is 2.26. The summed E-state index contributed by atoms with van der Waals surface area (Å²) in [5.41, 5.74) is 2.79. The van der Waals surface area contributed by atoms with Crippen molar-refractivity contribution in [3.63, 3.8) is 0 Å². The molecule has 0 aliphatic rings. The van der Waals surface area contributed by atoms with E-state index >= 15 is 0 Å². The van der Waals surface area contributed by atoms with Gasteiger partial charge in [-0.2, -0.15) is 0 Å². The van der Waals surface area contributed by atoms with Gasteiger partial charge in [0.15, 0.2) is 0 Å². The van der Waals surface area contributed by atoms with Gasteiger partial charge in [-0.05, 0) is 60.5 Å². The molecule has 0 heterocycles. The molecule has 0 aromatic heterocycles. The minimum Gasteiger partial charge on any atom is -0.488 e. The third kappa shape index (κ3) is 5.89. The fraction of sp³-hybridized carbons (Fsp3) is 0.429. The number of nitrogens with one attached hydrogen (secondary N) is 1. The second-order valence-corrected chi connectivity index (χ2v) is 6.15. The van der Waals surface area contributed by atoms with E-state index in [-0.39, 0.29) is 5.54 Å². The molecule has 1 N–H and O–H groups in total. The molecule has 0 amide bonds. The Balaban J connectivity index is 2.61. The minimum atomic E-state index is 0.118. The van der Waals surface area contributed by atoms with Crippen LogP contribution in [0.15, 0.2) is 34.3 Å². The van der Waals surface area contributed by atoms with Crippen LogP contribution >= 0.6 is 27.5 Å². The number of benzene rings is 1. The lowest BCUT2D eigenvalue weighted by Crippen LogP contribution is -2.35. The molecule has 0 unspecified atom stereocenters. The van der Waals surface area contributed by atoms with Gasteiger partial charge in [0.25, 0.3) is 0 Å². The molecule has 4 heteroatoms. The summed E-state index contributed by atoms with van der Waals surface area (Å²) in [5.74, 6) is 0.823. The first kappa shape index (κ1) is 15.5. The van der Waals surface area contributed by atoms with Gasteiger partial charge < -0.3 is 10.1 Å². The zero-order valence-electron chi connectivity index (χ0n) is 11.0. The molecule has 0 spiro atoms. The Hall–Kier alpha value is -0.510. The van der Waals surface area contributed by atoms with E-state index in [1.165, 1.54) is 11.1 Å². The van der Waals surface area contributed by atoms with Gasteiger partial charge in [0, 0.05) is 17.6 Å². The van der Waals surface area contributed by atoms with Crippen molar-refractivity contribution in [1.29, 1.82) is 0 Å².